The zero-order valence-electron chi connectivity index (χ0n) is 17.3. The Hall–Kier alpha value is -3.80. The number of nitrogens with two attached hydrogens (primary N) is 1. The van der Waals surface area contributed by atoms with Gasteiger partial charge in [-0.15, -0.1) is 0 Å². The topological polar surface area (TPSA) is 102 Å². The number of aryl methyl sites for hydroxylation is 1. The minimum Gasteiger partial charge on any atom is -0.479 e. The van der Waals surface area contributed by atoms with Crippen molar-refractivity contribution in [1.29, 1.82) is 5.41 Å². The Morgan fingerprint density at radius 2 is 1.73 bits per heavy atom. The number of carboxylic acid groups (broad SMARTS) is 1. The largest absolute Gasteiger partial charge is 0.479 e. The van der Waals surface area contributed by atoms with Crippen LogP contribution in [-0.2, 0) is 4.79 Å². The van der Waals surface area contributed by atoms with Gasteiger partial charge in [0.1, 0.15) is 5.84 Å². The predicted octanol–water partition coefficient (Wildman–Crippen LogP) is 4.25. The van der Waals surface area contributed by atoms with Gasteiger partial charge >= 0.3 is 5.97 Å². The molecule has 0 fully saturated rings. The fourth-order valence-electron chi connectivity index (χ4n) is 3.31. The van der Waals surface area contributed by atoms with Crippen molar-refractivity contribution in [3.05, 3.63) is 83.4 Å². The van der Waals surface area contributed by atoms with Gasteiger partial charge in [0.2, 0.25) is 0 Å². The highest BCUT2D eigenvalue weighted by molar-refractivity contribution is 5.95. The zero-order valence-corrected chi connectivity index (χ0v) is 17.3. The van der Waals surface area contributed by atoms with Crippen molar-refractivity contribution in [1.82, 2.24) is 0 Å². The number of amidine groups is 1. The van der Waals surface area contributed by atoms with Crippen molar-refractivity contribution in [2.75, 3.05) is 24.3 Å². The highest BCUT2D eigenvalue weighted by Crippen LogP contribution is 2.29. The van der Waals surface area contributed by atoms with Crippen molar-refractivity contribution < 1.29 is 9.90 Å². The number of nitrogen functional groups attached to an aromatic ring is 1. The summed E-state index contributed by atoms with van der Waals surface area (Å²) >= 11 is 0. The summed E-state index contributed by atoms with van der Waals surface area (Å²) in [4.78, 5) is 14.1. The Labute approximate surface area is 176 Å². The summed E-state index contributed by atoms with van der Waals surface area (Å²) in [6.07, 6.45) is 0. The fourth-order valence-corrected chi connectivity index (χ4v) is 3.31. The molecule has 0 saturated heterocycles. The monoisotopic (exact) mass is 402 g/mol. The molecule has 0 amide bonds. The first kappa shape index (κ1) is 20.9. The van der Waals surface area contributed by atoms with Crippen LogP contribution >= 0.6 is 0 Å². The van der Waals surface area contributed by atoms with E-state index in [1.165, 1.54) is 0 Å². The van der Waals surface area contributed by atoms with Crippen LogP contribution in [0, 0.1) is 12.3 Å². The fraction of sp³-hybridized carbons (Fsp3) is 0.167. The molecule has 1 unspecified atom stereocenters. The molecule has 0 saturated carbocycles. The van der Waals surface area contributed by atoms with Crippen LogP contribution in [0.3, 0.4) is 0 Å². The molecule has 3 rings (SSSR count). The van der Waals surface area contributed by atoms with Crippen molar-refractivity contribution in [2.45, 2.75) is 13.0 Å². The second-order valence-electron chi connectivity index (χ2n) is 7.48. The number of hydrogen-bond donors (Lipinski definition) is 4. The molecule has 0 aliphatic rings. The zero-order chi connectivity index (χ0) is 21.8. The van der Waals surface area contributed by atoms with Gasteiger partial charge in [-0.2, -0.15) is 0 Å². The minimum absolute atomic E-state index is 0.0281. The Kier molecular flexibility index (Phi) is 6.06. The average Bonchev–Trinajstić information content (AvgIpc) is 2.71. The summed E-state index contributed by atoms with van der Waals surface area (Å²) in [6.45, 7) is 1.96. The number of carbonyl (C=O) groups is 1. The van der Waals surface area contributed by atoms with Gasteiger partial charge in [-0.25, -0.2) is 4.79 Å². The number of nitrogens with one attached hydrogen (secondary N) is 2. The number of aliphatic carboxylic acids is 1. The van der Waals surface area contributed by atoms with Crippen molar-refractivity contribution >= 4 is 23.2 Å². The quantitative estimate of drug-likeness (QED) is 0.349. The van der Waals surface area contributed by atoms with Gasteiger partial charge in [-0.05, 0) is 66.1 Å². The average molecular weight is 402 g/mol. The molecule has 0 aliphatic heterocycles. The van der Waals surface area contributed by atoms with E-state index in [0.29, 0.717) is 16.8 Å². The summed E-state index contributed by atoms with van der Waals surface area (Å²) in [5.74, 6) is -0.996. The van der Waals surface area contributed by atoms with E-state index in [0.717, 1.165) is 22.4 Å². The number of rotatable bonds is 7. The van der Waals surface area contributed by atoms with Gasteiger partial charge in [-0.3, -0.25) is 5.41 Å². The van der Waals surface area contributed by atoms with Gasteiger partial charge in [-0.1, -0.05) is 29.8 Å². The molecule has 1 atom stereocenters. The first-order chi connectivity index (χ1) is 14.2. The van der Waals surface area contributed by atoms with Crippen LogP contribution in [0.25, 0.3) is 11.1 Å². The Morgan fingerprint density at radius 3 is 2.33 bits per heavy atom. The van der Waals surface area contributed by atoms with Crippen LogP contribution < -0.4 is 16.0 Å². The third kappa shape index (κ3) is 4.78. The van der Waals surface area contributed by atoms with E-state index < -0.39 is 12.0 Å². The standard InChI is InChI=1S/C24H26N4O2/c1-15-11-18(17-5-4-6-21(14-17)28(2)3)13-19(12-15)22(24(29)30)27-20-9-7-16(8-10-20)23(25)26/h4-14,22,27H,1-3H3,(H3,25,26)(H,29,30). The van der Waals surface area contributed by atoms with Crippen molar-refractivity contribution in [2.24, 2.45) is 5.73 Å². The molecule has 0 radical (unpaired) electrons. The van der Waals surface area contributed by atoms with Crippen molar-refractivity contribution in [3.8, 4) is 11.1 Å². The van der Waals surface area contributed by atoms with Crippen LogP contribution in [0.1, 0.15) is 22.7 Å². The van der Waals surface area contributed by atoms with Crippen molar-refractivity contribution in [3.63, 3.8) is 0 Å². The van der Waals surface area contributed by atoms with E-state index in [-0.39, 0.29) is 5.84 Å². The van der Waals surface area contributed by atoms with E-state index in [1.807, 2.05) is 56.3 Å². The Bertz CT molecular complexity index is 1070. The molecular weight excluding hydrogens is 376 g/mol. The van der Waals surface area contributed by atoms with E-state index in [9.17, 15) is 9.90 Å². The summed E-state index contributed by atoms with van der Waals surface area (Å²) in [5.41, 5.74) is 11.4. The lowest BCUT2D eigenvalue weighted by molar-refractivity contribution is -0.138. The molecule has 0 heterocycles. The molecule has 3 aromatic rings. The van der Waals surface area contributed by atoms with Crippen LogP contribution in [0.4, 0.5) is 11.4 Å². The number of hydrogen-bond acceptors (Lipinski definition) is 4. The normalized spacial score (nSPS) is 11.6. The maximum atomic E-state index is 12.1. The molecule has 3 aromatic carbocycles. The molecule has 0 bridgehead atoms. The summed E-state index contributed by atoms with van der Waals surface area (Å²) in [6, 6.07) is 19.9. The number of benzene rings is 3. The first-order valence-corrected chi connectivity index (χ1v) is 9.58. The van der Waals surface area contributed by atoms with E-state index >= 15 is 0 Å². The van der Waals surface area contributed by atoms with E-state index in [2.05, 4.69) is 17.4 Å². The molecule has 154 valence electrons. The molecule has 30 heavy (non-hydrogen) atoms. The lowest BCUT2D eigenvalue weighted by Gasteiger charge is -2.19. The molecular formula is C24H26N4O2. The summed E-state index contributed by atoms with van der Waals surface area (Å²) in [7, 11) is 3.98. The highest BCUT2D eigenvalue weighted by Gasteiger charge is 2.21. The molecule has 6 heteroatoms. The second kappa shape index (κ2) is 8.69. The van der Waals surface area contributed by atoms with E-state index in [4.69, 9.17) is 11.1 Å². The third-order valence-corrected chi connectivity index (χ3v) is 4.88. The molecule has 0 aliphatic carbocycles. The Morgan fingerprint density at radius 1 is 1.03 bits per heavy atom. The molecule has 5 N–H and O–H groups in total. The lowest BCUT2D eigenvalue weighted by Crippen LogP contribution is -2.21. The van der Waals surface area contributed by atoms with Crippen LogP contribution in [0.5, 0.6) is 0 Å². The lowest BCUT2D eigenvalue weighted by atomic mass is 9.96. The van der Waals surface area contributed by atoms with Gasteiger partial charge in [0.15, 0.2) is 6.04 Å². The SMILES string of the molecule is Cc1cc(-c2cccc(N(C)C)c2)cc(C(Nc2ccc(C(=N)N)cc2)C(=O)O)c1. The predicted molar refractivity (Wildman–Crippen MR) is 122 cm³/mol. The van der Waals surface area contributed by atoms with Crippen LogP contribution in [-0.4, -0.2) is 31.0 Å². The van der Waals surface area contributed by atoms with E-state index in [1.54, 1.807) is 24.3 Å². The molecule has 0 spiro atoms. The second-order valence-corrected chi connectivity index (χ2v) is 7.48. The summed E-state index contributed by atoms with van der Waals surface area (Å²) < 4.78 is 0. The highest BCUT2D eigenvalue weighted by atomic mass is 16.4. The van der Waals surface area contributed by atoms with Gasteiger partial charge in [0.05, 0.1) is 0 Å². The smallest absolute Gasteiger partial charge is 0.330 e. The molecule has 6 nitrogen and oxygen atoms in total. The van der Waals surface area contributed by atoms with Gasteiger partial charge in [0, 0.05) is 31.0 Å². The molecule has 0 aromatic heterocycles. The third-order valence-electron chi connectivity index (χ3n) is 4.88. The maximum Gasteiger partial charge on any atom is 0.330 e. The van der Waals surface area contributed by atoms with Gasteiger partial charge in [0.25, 0.3) is 0 Å². The summed E-state index contributed by atoms with van der Waals surface area (Å²) in [5, 5.41) is 20.4. The van der Waals surface area contributed by atoms with Gasteiger partial charge < -0.3 is 21.1 Å². The van der Waals surface area contributed by atoms with Crippen LogP contribution in [0.2, 0.25) is 0 Å². The number of carboxylic acids is 1. The van der Waals surface area contributed by atoms with Crippen LogP contribution in [0.15, 0.2) is 66.7 Å². The maximum absolute atomic E-state index is 12.1. The number of anilines is 2. The minimum atomic E-state index is -0.968. The number of nitrogens with zero attached hydrogens (tertiary/aromatic N) is 1. The Balaban J connectivity index is 1.96. The first-order valence-electron chi connectivity index (χ1n) is 9.58.